The van der Waals surface area contributed by atoms with Crippen LogP contribution in [0.2, 0.25) is 0 Å². The largest absolute Gasteiger partial charge is 0.469 e. The summed E-state index contributed by atoms with van der Waals surface area (Å²) in [6.45, 7) is 10.9. The van der Waals surface area contributed by atoms with Gasteiger partial charge < -0.3 is 25.2 Å². The molecule has 0 radical (unpaired) electrons. The maximum atomic E-state index is 14.1. The number of aromatic nitrogens is 1. The fourth-order valence-electron chi connectivity index (χ4n) is 6.68. The molecule has 10 nitrogen and oxygen atoms in total. The van der Waals surface area contributed by atoms with Crippen molar-refractivity contribution in [3.05, 3.63) is 52.0 Å². The summed E-state index contributed by atoms with van der Waals surface area (Å²) in [5.41, 5.74) is 1.41. The molecule has 1 unspecified atom stereocenters. The number of ether oxygens (including phenoxy) is 1. The quantitative estimate of drug-likeness (QED) is 0.222. The predicted molar refractivity (Wildman–Crippen MR) is 191 cm³/mol. The SMILES string of the molecule is CC[C@@H](C)[C@@H](C(=O)N(C)[C@H](CCc1nc(C(=O)N[C@@H](Cc2ccccc2)C[C@H](C)C(=O)OC)cs1)C(C)C)N(C)C(=O)C1CCCCN1. The number of esters is 1. The summed E-state index contributed by atoms with van der Waals surface area (Å²) in [6.07, 6.45) is 5.96. The molecule has 266 valence electrons. The van der Waals surface area contributed by atoms with Crippen LogP contribution in [-0.2, 0) is 32.0 Å². The lowest BCUT2D eigenvalue weighted by molar-refractivity contribution is -0.149. The van der Waals surface area contributed by atoms with Crippen LogP contribution in [0.1, 0.15) is 94.2 Å². The van der Waals surface area contributed by atoms with E-state index in [9.17, 15) is 19.2 Å². The first-order valence-electron chi connectivity index (χ1n) is 17.5. The zero-order valence-corrected chi connectivity index (χ0v) is 31.0. The molecule has 0 saturated carbocycles. The van der Waals surface area contributed by atoms with Crippen molar-refractivity contribution in [1.29, 1.82) is 0 Å². The maximum absolute atomic E-state index is 14.1. The Bertz CT molecular complexity index is 1330. The summed E-state index contributed by atoms with van der Waals surface area (Å²) in [5, 5.41) is 9.03. The number of benzene rings is 1. The summed E-state index contributed by atoms with van der Waals surface area (Å²) < 4.78 is 4.92. The molecule has 1 aromatic carbocycles. The van der Waals surface area contributed by atoms with E-state index < -0.39 is 6.04 Å². The van der Waals surface area contributed by atoms with E-state index in [1.807, 2.05) is 49.2 Å². The highest BCUT2D eigenvalue weighted by atomic mass is 32.1. The Morgan fingerprint density at radius 3 is 2.38 bits per heavy atom. The molecular formula is C37H57N5O5S. The highest BCUT2D eigenvalue weighted by Crippen LogP contribution is 2.24. The zero-order chi connectivity index (χ0) is 35.4. The normalized spacial score (nSPS) is 17.9. The third kappa shape index (κ3) is 10.9. The molecule has 48 heavy (non-hydrogen) atoms. The lowest BCUT2D eigenvalue weighted by Gasteiger charge is -2.40. The molecule has 1 aliphatic heterocycles. The second-order valence-corrected chi connectivity index (χ2v) is 14.7. The Balaban J connectivity index is 1.68. The number of aryl methyl sites for hydroxylation is 1. The molecule has 0 spiro atoms. The summed E-state index contributed by atoms with van der Waals surface area (Å²) >= 11 is 1.44. The number of nitrogens with one attached hydrogen (secondary N) is 2. The van der Waals surface area contributed by atoms with Gasteiger partial charge in [-0.25, -0.2) is 4.98 Å². The van der Waals surface area contributed by atoms with Crippen LogP contribution in [0.15, 0.2) is 35.7 Å². The van der Waals surface area contributed by atoms with Gasteiger partial charge in [-0.15, -0.1) is 11.3 Å². The van der Waals surface area contributed by atoms with Gasteiger partial charge in [0, 0.05) is 38.0 Å². The first-order valence-corrected chi connectivity index (χ1v) is 18.4. The van der Waals surface area contributed by atoms with Crippen LogP contribution >= 0.6 is 11.3 Å². The Kier molecular flexibility index (Phi) is 15.5. The number of hydrogen-bond donors (Lipinski definition) is 2. The molecule has 2 aromatic rings. The number of methoxy groups -OCH3 is 1. The topological polar surface area (TPSA) is 121 Å². The van der Waals surface area contributed by atoms with Gasteiger partial charge in [-0.2, -0.15) is 0 Å². The molecular weight excluding hydrogens is 627 g/mol. The van der Waals surface area contributed by atoms with Crippen LogP contribution in [0.4, 0.5) is 0 Å². The summed E-state index contributed by atoms with van der Waals surface area (Å²) in [5.74, 6) is -0.829. The lowest BCUT2D eigenvalue weighted by atomic mass is 9.92. The van der Waals surface area contributed by atoms with Crippen molar-refractivity contribution in [3.8, 4) is 0 Å². The van der Waals surface area contributed by atoms with E-state index in [2.05, 4.69) is 36.4 Å². The van der Waals surface area contributed by atoms with Crippen LogP contribution in [0.3, 0.4) is 0 Å². The van der Waals surface area contributed by atoms with Gasteiger partial charge in [-0.1, -0.05) is 77.8 Å². The standard InChI is InChI=1S/C37H57N5O5S/c1-9-25(4)33(42(7)35(44)29-17-13-14-20-38-29)36(45)41(6)31(24(2)3)18-19-32-40-30(23-48-32)34(43)39-28(21-26(5)37(46)47-8)22-27-15-11-10-12-16-27/h10-12,15-16,23-26,28-29,31,33,38H,9,13-14,17-22H2,1-8H3,(H,39,43)/t25-,26+,28-,29?,31-,33+/m1/s1. The second-order valence-electron chi connectivity index (χ2n) is 13.7. The van der Waals surface area contributed by atoms with Gasteiger partial charge in [0.25, 0.3) is 5.91 Å². The number of carbonyl (C=O) groups excluding carboxylic acids is 4. The van der Waals surface area contributed by atoms with E-state index in [0.29, 0.717) is 31.4 Å². The fourth-order valence-corrected chi connectivity index (χ4v) is 7.48. The smallest absolute Gasteiger partial charge is 0.308 e. The van der Waals surface area contributed by atoms with Gasteiger partial charge in [0.2, 0.25) is 11.8 Å². The number of likely N-dealkylation sites (N-methyl/N-ethyl adjacent to an activating group) is 2. The molecule has 1 aliphatic rings. The van der Waals surface area contributed by atoms with Gasteiger partial charge >= 0.3 is 5.97 Å². The molecule has 1 saturated heterocycles. The number of rotatable bonds is 17. The van der Waals surface area contributed by atoms with Gasteiger partial charge in [-0.05, 0) is 56.0 Å². The monoisotopic (exact) mass is 683 g/mol. The van der Waals surface area contributed by atoms with Crippen molar-refractivity contribution >= 4 is 35.0 Å². The zero-order valence-electron chi connectivity index (χ0n) is 30.2. The van der Waals surface area contributed by atoms with Gasteiger partial charge in [0.1, 0.15) is 11.7 Å². The highest BCUT2D eigenvalue weighted by Gasteiger charge is 2.38. The van der Waals surface area contributed by atoms with E-state index in [0.717, 1.165) is 42.8 Å². The molecule has 3 amide bonds. The molecule has 2 N–H and O–H groups in total. The number of carbonyl (C=O) groups is 4. The Labute approximate surface area is 291 Å². The first-order chi connectivity index (χ1) is 22.9. The lowest BCUT2D eigenvalue weighted by Crippen LogP contribution is -2.58. The molecule has 0 aliphatic carbocycles. The summed E-state index contributed by atoms with van der Waals surface area (Å²) in [4.78, 5) is 61.2. The van der Waals surface area contributed by atoms with Crippen LogP contribution in [0, 0.1) is 17.8 Å². The van der Waals surface area contributed by atoms with Crippen LogP contribution in [-0.4, -0.2) is 90.4 Å². The van der Waals surface area contributed by atoms with Crippen molar-refractivity contribution < 1.29 is 23.9 Å². The number of hydrogen-bond acceptors (Lipinski definition) is 8. The van der Waals surface area contributed by atoms with Crippen molar-refractivity contribution in [2.45, 2.75) is 110 Å². The molecule has 1 fully saturated rings. The van der Waals surface area contributed by atoms with Gasteiger partial charge in [-0.3, -0.25) is 19.2 Å². The van der Waals surface area contributed by atoms with Crippen molar-refractivity contribution in [3.63, 3.8) is 0 Å². The van der Waals surface area contributed by atoms with Crippen LogP contribution < -0.4 is 10.6 Å². The van der Waals surface area contributed by atoms with E-state index in [4.69, 9.17) is 4.74 Å². The maximum Gasteiger partial charge on any atom is 0.308 e. The molecule has 1 aromatic heterocycles. The molecule has 2 heterocycles. The van der Waals surface area contributed by atoms with Crippen LogP contribution in [0.5, 0.6) is 0 Å². The first kappa shape index (κ1) is 39.1. The Hall–Kier alpha value is -3.31. The third-order valence-electron chi connectivity index (χ3n) is 9.76. The van der Waals surface area contributed by atoms with Crippen molar-refractivity contribution in [2.75, 3.05) is 27.7 Å². The average molecular weight is 684 g/mol. The summed E-state index contributed by atoms with van der Waals surface area (Å²) in [6, 6.07) is 8.73. The number of thiazole rings is 1. The summed E-state index contributed by atoms with van der Waals surface area (Å²) in [7, 11) is 4.99. The molecule has 0 bridgehead atoms. The minimum Gasteiger partial charge on any atom is -0.469 e. The minimum atomic E-state index is -0.543. The van der Waals surface area contributed by atoms with E-state index in [1.54, 1.807) is 24.3 Å². The van der Waals surface area contributed by atoms with Gasteiger partial charge in [0.15, 0.2) is 0 Å². The predicted octanol–water partition coefficient (Wildman–Crippen LogP) is 5.11. The average Bonchev–Trinajstić information content (AvgIpc) is 3.57. The van der Waals surface area contributed by atoms with Crippen LogP contribution in [0.25, 0.3) is 0 Å². The second kappa shape index (κ2) is 19.0. The minimum absolute atomic E-state index is 0.00617. The number of nitrogens with zero attached hydrogens (tertiary/aromatic N) is 3. The Morgan fingerprint density at radius 1 is 1.06 bits per heavy atom. The van der Waals surface area contributed by atoms with E-state index in [1.165, 1.54) is 18.4 Å². The Morgan fingerprint density at radius 2 is 1.77 bits per heavy atom. The van der Waals surface area contributed by atoms with Crippen molar-refractivity contribution in [1.82, 2.24) is 25.4 Å². The number of amides is 3. The van der Waals surface area contributed by atoms with Crippen molar-refractivity contribution in [2.24, 2.45) is 17.8 Å². The van der Waals surface area contributed by atoms with Gasteiger partial charge in [0.05, 0.1) is 24.1 Å². The highest BCUT2D eigenvalue weighted by molar-refractivity contribution is 7.09. The van der Waals surface area contributed by atoms with E-state index in [-0.39, 0.29) is 59.6 Å². The number of piperidine rings is 1. The third-order valence-corrected chi connectivity index (χ3v) is 10.7. The fraction of sp³-hybridized carbons (Fsp3) is 0.649. The molecule has 11 heteroatoms. The molecule has 6 atom stereocenters. The van der Waals surface area contributed by atoms with E-state index >= 15 is 0 Å². The molecule has 3 rings (SSSR count).